The van der Waals surface area contributed by atoms with Gasteiger partial charge in [-0.2, -0.15) is 4.31 Å². The van der Waals surface area contributed by atoms with Crippen molar-refractivity contribution in [1.82, 2.24) is 4.31 Å². The number of rotatable bonds is 7. The molecule has 0 radical (unpaired) electrons. The van der Waals surface area contributed by atoms with Gasteiger partial charge in [0.25, 0.3) is 5.69 Å². The number of carbonyl (C=O) groups is 1. The van der Waals surface area contributed by atoms with E-state index in [1.54, 1.807) is 26.0 Å². The highest BCUT2D eigenvalue weighted by Gasteiger charge is 2.22. The second-order valence-corrected chi connectivity index (χ2v) is 8.28. The number of anilines is 1. The fourth-order valence-corrected chi connectivity index (χ4v) is 3.67. The summed E-state index contributed by atoms with van der Waals surface area (Å²) < 4.78 is 26.1. The van der Waals surface area contributed by atoms with Crippen LogP contribution in [0.2, 0.25) is 0 Å². The summed E-state index contributed by atoms with van der Waals surface area (Å²) in [6, 6.07) is 11.7. The highest BCUT2D eigenvalue weighted by molar-refractivity contribution is 7.89. The summed E-state index contributed by atoms with van der Waals surface area (Å²) in [5.74, 6) is -0.493. The average Bonchev–Trinajstić information content (AvgIpc) is 2.66. The molecule has 2 rings (SSSR count). The van der Waals surface area contributed by atoms with Gasteiger partial charge in [-0.25, -0.2) is 8.42 Å². The van der Waals surface area contributed by atoms with Gasteiger partial charge in [-0.15, -0.1) is 0 Å². The number of sulfonamides is 1. The molecule has 0 spiro atoms. The van der Waals surface area contributed by atoms with E-state index in [0.717, 1.165) is 0 Å². The number of benzene rings is 2. The highest BCUT2D eigenvalue weighted by Crippen LogP contribution is 2.20. The molecule has 8 nitrogen and oxygen atoms in total. The summed E-state index contributed by atoms with van der Waals surface area (Å²) >= 11 is 0. The lowest BCUT2D eigenvalue weighted by atomic mass is 10.1. The highest BCUT2D eigenvalue weighted by atomic mass is 32.2. The Morgan fingerprint density at radius 3 is 2.32 bits per heavy atom. The number of amides is 1. The van der Waals surface area contributed by atoms with Crippen LogP contribution in [0.25, 0.3) is 6.08 Å². The molecule has 0 aliphatic carbocycles. The third kappa shape index (κ3) is 5.02. The van der Waals surface area contributed by atoms with Crippen molar-refractivity contribution in [2.75, 3.05) is 12.4 Å². The number of carbonyl (C=O) groups excluding carboxylic acids is 1. The van der Waals surface area contributed by atoms with Crippen LogP contribution in [0.15, 0.2) is 59.5 Å². The summed E-state index contributed by atoms with van der Waals surface area (Å²) in [7, 11) is -2.10. The van der Waals surface area contributed by atoms with Gasteiger partial charge >= 0.3 is 0 Å². The van der Waals surface area contributed by atoms with E-state index in [-0.39, 0.29) is 16.6 Å². The van der Waals surface area contributed by atoms with Crippen molar-refractivity contribution in [3.8, 4) is 0 Å². The number of hydrogen-bond acceptors (Lipinski definition) is 5. The van der Waals surface area contributed by atoms with Gasteiger partial charge < -0.3 is 5.32 Å². The van der Waals surface area contributed by atoms with Crippen LogP contribution in [0.1, 0.15) is 19.4 Å². The van der Waals surface area contributed by atoms with Gasteiger partial charge in [0.05, 0.1) is 15.4 Å². The van der Waals surface area contributed by atoms with Crippen LogP contribution in [0.3, 0.4) is 0 Å². The van der Waals surface area contributed by atoms with Crippen molar-refractivity contribution >= 4 is 33.4 Å². The first-order chi connectivity index (χ1) is 13.1. The van der Waals surface area contributed by atoms with E-state index < -0.39 is 20.9 Å². The minimum atomic E-state index is -3.60. The summed E-state index contributed by atoms with van der Waals surface area (Å²) in [5.41, 5.74) is 0.611. The topological polar surface area (TPSA) is 110 Å². The number of para-hydroxylation sites is 1. The summed E-state index contributed by atoms with van der Waals surface area (Å²) in [5, 5.41) is 13.6. The third-order valence-corrected chi connectivity index (χ3v) is 6.12. The lowest BCUT2D eigenvalue weighted by molar-refractivity contribution is -0.385. The van der Waals surface area contributed by atoms with Crippen LogP contribution in [-0.2, 0) is 14.8 Å². The molecular weight excluding hydrogens is 382 g/mol. The van der Waals surface area contributed by atoms with E-state index in [1.807, 2.05) is 0 Å². The Morgan fingerprint density at radius 2 is 1.75 bits per heavy atom. The average molecular weight is 403 g/mol. The fraction of sp³-hybridized carbons (Fsp3) is 0.211. The van der Waals surface area contributed by atoms with E-state index in [1.165, 1.54) is 59.9 Å². The molecule has 9 heteroatoms. The normalized spacial score (nSPS) is 11.9. The van der Waals surface area contributed by atoms with Crippen molar-refractivity contribution in [3.05, 3.63) is 70.3 Å². The van der Waals surface area contributed by atoms with Crippen LogP contribution < -0.4 is 5.32 Å². The Morgan fingerprint density at radius 1 is 1.14 bits per heavy atom. The van der Waals surface area contributed by atoms with Gasteiger partial charge in [-0.3, -0.25) is 14.9 Å². The molecule has 1 N–H and O–H groups in total. The first-order valence-electron chi connectivity index (χ1n) is 8.43. The summed E-state index contributed by atoms with van der Waals surface area (Å²) in [4.78, 5) is 22.6. The smallest absolute Gasteiger partial charge is 0.276 e. The Labute approximate surface area is 163 Å². The summed E-state index contributed by atoms with van der Waals surface area (Å²) in [6.07, 6.45) is 2.53. The van der Waals surface area contributed by atoms with Gasteiger partial charge in [0, 0.05) is 30.9 Å². The number of nitrogens with one attached hydrogen (secondary N) is 1. The zero-order valence-corrected chi connectivity index (χ0v) is 16.5. The number of nitrogens with zero attached hydrogens (tertiary/aromatic N) is 2. The molecule has 0 aliphatic rings. The maximum absolute atomic E-state index is 12.4. The molecule has 0 aliphatic heterocycles. The molecule has 0 aromatic heterocycles. The van der Waals surface area contributed by atoms with Crippen LogP contribution in [0.4, 0.5) is 11.4 Å². The Hall–Kier alpha value is -3.04. The zero-order chi connectivity index (χ0) is 20.9. The van der Waals surface area contributed by atoms with Crippen LogP contribution in [-0.4, -0.2) is 36.6 Å². The lowest BCUT2D eigenvalue weighted by Crippen LogP contribution is -2.33. The standard InChI is InChI=1S/C19H21N3O5S/c1-14(2)21(3)28(26,27)17-11-9-16(10-12-17)20-19(23)13-8-15-6-4-5-7-18(15)22(24)25/h4-14H,1-3H3,(H,20,23)/b13-8+. The van der Waals surface area contributed by atoms with Gasteiger partial charge in [0.1, 0.15) is 0 Å². The summed E-state index contributed by atoms with van der Waals surface area (Å²) in [6.45, 7) is 3.55. The van der Waals surface area contributed by atoms with Crippen LogP contribution in [0.5, 0.6) is 0 Å². The Balaban J connectivity index is 2.11. The molecule has 0 saturated heterocycles. The van der Waals surface area contributed by atoms with Crippen molar-refractivity contribution < 1.29 is 18.1 Å². The minimum Gasteiger partial charge on any atom is -0.323 e. The molecule has 148 valence electrons. The van der Waals surface area contributed by atoms with Gasteiger partial charge in [0.15, 0.2) is 0 Å². The minimum absolute atomic E-state index is 0.101. The molecule has 2 aromatic carbocycles. The second-order valence-electron chi connectivity index (χ2n) is 6.28. The number of nitro groups is 1. The molecule has 0 atom stereocenters. The molecule has 0 saturated carbocycles. The van der Waals surface area contributed by atoms with Crippen molar-refractivity contribution in [1.29, 1.82) is 0 Å². The van der Waals surface area contributed by atoms with Gasteiger partial charge in [0.2, 0.25) is 15.9 Å². The van der Waals surface area contributed by atoms with E-state index in [0.29, 0.717) is 11.3 Å². The molecule has 1 amide bonds. The predicted molar refractivity (Wildman–Crippen MR) is 107 cm³/mol. The largest absolute Gasteiger partial charge is 0.323 e. The molecule has 2 aromatic rings. The van der Waals surface area contributed by atoms with E-state index in [4.69, 9.17) is 0 Å². The number of nitro benzene ring substituents is 1. The van der Waals surface area contributed by atoms with Crippen molar-refractivity contribution in [2.45, 2.75) is 24.8 Å². The maximum Gasteiger partial charge on any atom is 0.276 e. The van der Waals surface area contributed by atoms with Crippen molar-refractivity contribution in [2.24, 2.45) is 0 Å². The number of hydrogen-bond donors (Lipinski definition) is 1. The monoisotopic (exact) mass is 403 g/mol. The van der Waals surface area contributed by atoms with Crippen LogP contribution in [0, 0.1) is 10.1 Å². The molecule has 0 heterocycles. The molecule has 0 unspecified atom stereocenters. The van der Waals surface area contributed by atoms with E-state index in [2.05, 4.69) is 5.32 Å². The van der Waals surface area contributed by atoms with Gasteiger partial charge in [-0.1, -0.05) is 12.1 Å². The Kier molecular flexibility index (Phi) is 6.66. The quantitative estimate of drug-likeness (QED) is 0.433. The van der Waals surface area contributed by atoms with Crippen LogP contribution >= 0.6 is 0 Å². The zero-order valence-electron chi connectivity index (χ0n) is 15.7. The van der Waals surface area contributed by atoms with E-state index >= 15 is 0 Å². The lowest BCUT2D eigenvalue weighted by Gasteiger charge is -2.21. The fourth-order valence-electron chi connectivity index (χ4n) is 2.30. The van der Waals surface area contributed by atoms with Crippen molar-refractivity contribution in [3.63, 3.8) is 0 Å². The first-order valence-corrected chi connectivity index (χ1v) is 9.87. The first kappa shape index (κ1) is 21.3. The predicted octanol–water partition coefficient (Wildman–Crippen LogP) is 3.28. The third-order valence-electron chi connectivity index (χ3n) is 4.07. The SMILES string of the molecule is CC(C)N(C)S(=O)(=O)c1ccc(NC(=O)/C=C/c2ccccc2[N+](=O)[O-])cc1. The molecule has 0 bridgehead atoms. The molecule has 0 fully saturated rings. The Bertz CT molecular complexity index is 998. The second kappa shape index (κ2) is 8.77. The molecular formula is C19H21N3O5S. The molecule has 28 heavy (non-hydrogen) atoms. The van der Waals surface area contributed by atoms with Gasteiger partial charge in [-0.05, 0) is 50.3 Å². The maximum atomic E-state index is 12.4. The van der Waals surface area contributed by atoms with E-state index in [9.17, 15) is 23.3 Å².